The Bertz CT molecular complexity index is 836. The fourth-order valence-electron chi connectivity index (χ4n) is 4.01. The van der Waals surface area contributed by atoms with Gasteiger partial charge in [0, 0.05) is 35.5 Å². The number of pyridine rings is 1. The number of carbonyl (C=O) groups excluding carboxylic acids is 3. The third-order valence-electron chi connectivity index (χ3n) is 5.42. The maximum Gasteiger partial charge on any atom is 0.428 e. The van der Waals surface area contributed by atoms with Gasteiger partial charge in [-0.3, -0.25) is 14.6 Å². The molecule has 1 saturated carbocycles. The summed E-state index contributed by atoms with van der Waals surface area (Å²) in [4.78, 5) is 39.1. The standard InChI is InChI=1S/C19H24BrN5O4/c1-11(23-17(27)16(26)21-2)9-12-3-6-19(7-4-12)15(24-25-18(28)29-19)13-5-8-22-10-14(13)20/h5,8,10-12H,3-4,6-7,9H2,1-2H3,(H,21,26)(H,23,27)(H,25,28)/t11-,12?,19?/m0/s1. The molecule has 0 radical (unpaired) electrons. The van der Waals surface area contributed by atoms with Crippen molar-refractivity contribution < 1.29 is 19.1 Å². The molecular weight excluding hydrogens is 442 g/mol. The highest BCUT2D eigenvalue weighted by Crippen LogP contribution is 2.41. The van der Waals surface area contributed by atoms with Crippen LogP contribution in [0.1, 0.15) is 44.6 Å². The Balaban J connectivity index is 1.67. The first-order valence-electron chi connectivity index (χ1n) is 9.54. The molecule has 1 aliphatic carbocycles. The second kappa shape index (κ2) is 8.89. The molecule has 1 atom stereocenters. The zero-order chi connectivity index (χ0) is 21.0. The van der Waals surface area contributed by atoms with E-state index in [-0.39, 0.29) is 6.04 Å². The van der Waals surface area contributed by atoms with E-state index in [0.717, 1.165) is 29.3 Å². The number of halogens is 1. The fourth-order valence-corrected chi connectivity index (χ4v) is 4.44. The highest BCUT2D eigenvalue weighted by Gasteiger charge is 2.46. The number of likely N-dealkylation sites (N-methyl/N-ethyl adjacent to an activating group) is 1. The van der Waals surface area contributed by atoms with Gasteiger partial charge in [-0.2, -0.15) is 5.10 Å². The second-order valence-corrected chi connectivity index (χ2v) is 8.30. The van der Waals surface area contributed by atoms with Gasteiger partial charge in [0.1, 0.15) is 5.71 Å². The quantitative estimate of drug-likeness (QED) is 0.585. The lowest BCUT2D eigenvalue weighted by molar-refractivity contribution is -0.139. The van der Waals surface area contributed by atoms with Crippen LogP contribution in [-0.2, 0) is 14.3 Å². The van der Waals surface area contributed by atoms with Gasteiger partial charge in [0.2, 0.25) is 0 Å². The molecule has 1 aliphatic heterocycles. The number of hydrogen-bond acceptors (Lipinski definition) is 6. The number of aromatic nitrogens is 1. The lowest BCUT2D eigenvalue weighted by atomic mass is 9.73. The minimum atomic E-state index is -0.780. The predicted octanol–water partition coefficient (Wildman–Crippen LogP) is 1.86. The largest absolute Gasteiger partial charge is 0.435 e. The number of ether oxygens (including phenoxy) is 1. The average Bonchev–Trinajstić information content (AvgIpc) is 2.70. The maximum absolute atomic E-state index is 11.9. The van der Waals surface area contributed by atoms with Crippen LogP contribution in [0.5, 0.6) is 0 Å². The van der Waals surface area contributed by atoms with Crippen LogP contribution >= 0.6 is 15.9 Å². The van der Waals surface area contributed by atoms with Gasteiger partial charge in [-0.15, -0.1) is 0 Å². The van der Waals surface area contributed by atoms with E-state index in [4.69, 9.17) is 4.74 Å². The minimum Gasteiger partial charge on any atom is -0.435 e. The van der Waals surface area contributed by atoms with Crippen LogP contribution in [0.3, 0.4) is 0 Å². The Morgan fingerprint density at radius 3 is 2.76 bits per heavy atom. The molecule has 1 aromatic rings. The van der Waals surface area contributed by atoms with E-state index in [9.17, 15) is 14.4 Å². The normalized spacial score (nSPS) is 24.7. The molecule has 3 rings (SSSR count). The van der Waals surface area contributed by atoms with Crippen molar-refractivity contribution in [3.63, 3.8) is 0 Å². The van der Waals surface area contributed by atoms with Crippen molar-refractivity contribution in [2.45, 2.75) is 50.7 Å². The van der Waals surface area contributed by atoms with Crippen molar-refractivity contribution in [1.82, 2.24) is 21.0 Å². The van der Waals surface area contributed by atoms with Gasteiger partial charge >= 0.3 is 17.9 Å². The summed E-state index contributed by atoms with van der Waals surface area (Å²) in [7, 11) is 1.42. The van der Waals surface area contributed by atoms with Crippen LogP contribution in [-0.4, -0.2) is 47.3 Å². The highest BCUT2D eigenvalue weighted by atomic mass is 79.9. The number of hydrogen-bond donors (Lipinski definition) is 3. The minimum absolute atomic E-state index is 0.128. The molecule has 1 spiro atoms. The Labute approximate surface area is 177 Å². The summed E-state index contributed by atoms with van der Waals surface area (Å²) in [6.07, 6.45) is 6.45. The van der Waals surface area contributed by atoms with Crippen LogP contribution in [0.4, 0.5) is 4.79 Å². The summed E-state index contributed by atoms with van der Waals surface area (Å²) in [6, 6.07) is 1.71. The third-order valence-corrected chi connectivity index (χ3v) is 6.05. The van der Waals surface area contributed by atoms with Crippen molar-refractivity contribution in [2.75, 3.05) is 7.05 Å². The van der Waals surface area contributed by atoms with Crippen molar-refractivity contribution in [3.8, 4) is 0 Å². The number of nitrogens with zero attached hydrogens (tertiary/aromatic N) is 2. The summed E-state index contributed by atoms with van der Waals surface area (Å²) < 4.78 is 6.54. The Morgan fingerprint density at radius 2 is 2.10 bits per heavy atom. The number of amides is 3. The van der Waals surface area contributed by atoms with E-state index in [2.05, 4.69) is 42.1 Å². The lowest BCUT2D eigenvalue weighted by Crippen LogP contribution is -2.52. The third kappa shape index (κ3) is 4.75. The van der Waals surface area contributed by atoms with Crippen LogP contribution in [0, 0.1) is 5.92 Å². The van der Waals surface area contributed by atoms with E-state index in [1.54, 1.807) is 12.4 Å². The molecule has 156 valence electrons. The average molecular weight is 466 g/mol. The van der Waals surface area contributed by atoms with Gasteiger partial charge < -0.3 is 15.4 Å². The Hall–Kier alpha value is -2.49. The molecule has 2 heterocycles. The van der Waals surface area contributed by atoms with Crippen LogP contribution in [0.2, 0.25) is 0 Å². The first kappa shape index (κ1) is 21.2. The number of rotatable bonds is 4. The van der Waals surface area contributed by atoms with E-state index in [0.29, 0.717) is 24.5 Å². The van der Waals surface area contributed by atoms with Gasteiger partial charge in [0.15, 0.2) is 5.60 Å². The molecule has 0 aromatic carbocycles. The molecule has 3 N–H and O–H groups in total. The van der Waals surface area contributed by atoms with Gasteiger partial charge in [-0.25, -0.2) is 10.2 Å². The van der Waals surface area contributed by atoms with Gasteiger partial charge in [0.05, 0.1) is 0 Å². The number of carbonyl (C=O) groups is 3. The molecule has 0 unspecified atom stereocenters. The monoisotopic (exact) mass is 465 g/mol. The van der Waals surface area contributed by atoms with E-state index >= 15 is 0 Å². The van der Waals surface area contributed by atoms with Crippen LogP contribution in [0.15, 0.2) is 28.0 Å². The zero-order valence-electron chi connectivity index (χ0n) is 16.3. The molecule has 0 bridgehead atoms. The first-order chi connectivity index (χ1) is 13.8. The van der Waals surface area contributed by atoms with E-state index in [1.165, 1.54) is 7.05 Å². The fraction of sp³-hybridized carbons (Fsp3) is 0.526. The maximum atomic E-state index is 11.9. The second-order valence-electron chi connectivity index (χ2n) is 7.44. The summed E-state index contributed by atoms with van der Waals surface area (Å²) >= 11 is 3.50. The summed E-state index contributed by atoms with van der Waals surface area (Å²) in [6.45, 7) is 1.89. The molecule has 9 nitrogen and oxygen atoms in total. The zero-order valence-corrected chi connectivity index (χ0v) is 17.9. The van der Waals surface area contributed by atoms with Crippen molar-refractivity contribution >= 4 is 39.5 Å². The number of nitrogens with one attached hydrogen (secondary N) is 3. The van der Waals surface area contributed by atoms with Crippen molar-refractivity contribution in [1.29, 1.82) is 0 Å². The molecule has 3 amide bonds. The molecule has 29 heavy (non-hydrogen) atoms. The van der Waals surface area contributed by atoms with E-state index in [1.807, 2.05) is 13.0 Å². The summed E-state index contributed by atoms with van der Waals surface area (Å²) in [5.74, 6) is -0.933. The van der Waals surface area contributed by atoms with Crippen LogP contribution < -0.4 is 16.1 Å². The molecule has 10 heteroatoms. The van der Waals surface area contributed by atoms with Crippen molar-refractivity contribution in [3.05, 3.63) is 28.5 Å². The van der Waals surface area contributed by atoms with Gasteiger partial charge in [0.25, 0.3) is 0 Å². The van der Waals surface area contributed by atoms with Crippen molar-refractivity contribution in [2.24, 2.45) is 11.0 Å². The topological polar surface area (TPSA) is 122 Å². The summed E-state index contributed by atoms with van der Waals surface area (Å²) in [5, 5.41) is 9.34. The van der Waals surface area contributed by atoms with E-state index < -0.39 is 23.5 Å². The predicted molar refractivity (Wildman–Crippen MR) is 109 cm³/mol. The highest BCUT2D eigenvalue weighted by molar-refractivity contribution is 9.10. The lowest BCUT2D eigenvalue weighted by Gasteiger charge is -2.42. The molecule has 2 aliphatic rings. The smallest absolute Gasteiger partial charge is 0.428 e. The molecule has 1 aromatic heterocycles. The molecular formula is C19H24BrN5O4. The summed E-state index contributed by atoms with van der Waals surface area (Å²) in [5.41, 5.74) is 3.15. The molecule has 0 saturated heterocycles. The van der Waals surface area contributed by atoms with Crippen LogP contribution in [0.25, 0.3) is 0 Å². The Kier molecular flexibility index (Phi) is 6.51. The van der Waals surface area contributed by atoms with Gasteiger partial charge in [-0.05, 0) is 66.9 Å². The van der Waals surface area contributed by atoms with Gasteiger partial charge in [-0.1, -0.05) is 0 Å². The SMILES string of the molecule is CNC(=O)C(=O)N[C@@H](C)CC1CCC2(CC1)OC(=O)NN=C2c1ccncc1Br. The molecule has 1 fully saturated rings. The Morgan fingerprint density at radius 1 is 1.38 bits per heavy atom. The number of hydrazone groups is 1. The first-order valence-corrected chi connectivity index (χ1v) is 10.3.